The Bertz CT molecular complexity index is 1990. The minimum Gasteiger partial charge on any atom is -0.497 e. The van der Waals surface area contributed by atoms with Crippen LogP contribution in [0.15, 0.2) is 126 Å². The third-order valence-corrected chi connectivity index (χ3v) is 8.66. The molecule has 0 aliphatic carbocycles. The van der Waals surface area contributed by atoms with Crippen molar-refractivity contribution in [3.05, 3.63) is 154 Å². The largest absolute Gasteiger partial charge is 0.497 e. The highest BCUT2D eigenvalue weighted by molar-refractivity contribution is 6.03. The van der Waals surface area contributed by atoms with Crippen LogP contribution in [0.4, 0.5) is 10.2 Å². The van der Waals surface area contributed by atoms with E-state index in [-0.39, 0.29) is 12.4 Å². The number of aliphatic hydroxyl groups excluding tert-OH is 1. The molecular formula is C39H34FN3O7. The average Bonchev–Trinajstić information content (AvgIpc) is 3.42. The summed E-state index contributed by atoms with van der Waals surface area (Å²) in [7, 11) is 3.14. The summed E-state index contributed by atoms with van der Waals surface area (Å²) >= 11 is 0. The fourth-order valence-electron chi connectivity index (χ4n) is 6.03. The number of anilines is 1. The number of aliphatic hydroxyl groups is 1. The Hall–Kier alpha value is -5.80. The lowest BCUT2D eigenvalue weighted by atomic mass is 9.80. The van der Waals surface area contributed by atoms with Crippen molar-refractivity contribution in [2.45, 2.75) is 29.7 Å². The van der Waals surface area contributed by atoms with Gasteiger partial charge in [-0.25, -0.2) is 9.18 Å². The van der Waals surface area contributed by atoms with Crippen molar-refractivity contribution in [3.63, 3.8) is 0 Å². The highest BCUT2D eigenvalue weighted by Gasteiger charge is 2.58. The molecule has 254 valence electrons. The van der Waals surface area contributed by atoms with Crippen LogP contribution in [-0.4, -0.2) is 59.3 Å². The number of aromatic nitrogens is 2. The Kier molecular flexibility index (Phi) is 9.79. The number of alkyl halides is 1. The van der Waals surface area contributed by atoms with E-state index < -0.39 is 41.3 Å². The molecule has 1 amide bonds. The van der Waals surface area contributed by atoms with Gasteiger partial charge in [-0.15, -0.1) is 6.42 Å². The molecule has 2 heterocycles. The van der Waals surface area contributed by atoms with E-state index >= 15 is 4.39 Å². The van der Waals surface area contributed by atoms with Crippen molar-refractivity contribution < 1.29 is 33.2 Å². The molecule has 0 saturated carbocycles. The van der Waals surface area contributed by atoms with Crippen LogP contribution in [0, 0.1) is 12.3 Å². The van der Waals surface area contributed by atoms with Gasteiger partial charge in [0.05, 0.1) is 20.8 Å². The second-order valence-corrected chi connectivity index (χ2v) is 11.5. The standard InChI is InChI=1S/C39H34FN3O7/c1-4-38(40)34(44)32(50-36(38)43-24-23-33(42-37(43)46)41-35(45)26-11-7-5-8-12-26)25-49-39(27-13-9-6-10-14-27,28-15-19-30(47-2)20-16-28)29-17-21-31(48-3)22-18-29/h1,5-24,32,34,36,44H,25H2,2-3H3,(H,41,42,45,46)/t32-,34-,36-,38-/m1/s1. The van der Waals surface area contributed by atoms with E-state index in [1.807, 2.05) is 60.5 Å². The first kappa shape index (κ1) is 34.1. The van der Waals surface area contributed by atoms with Gasteiger partial charge in [-0.1, -0.05) is 78.7 Å². The van der Waals surface area contributed by atoms with Gasteiger partial charge in [-0.3, -0.25) is 9.36 Å². The quantitative estimate of drug-likeness (QED) is 0.146. The first-order valence-electron chi connectivity index (χ1n) is 15.7. The predicted molar refractivity (Wildman–Crippen MR) is 184 cm³/mol. The highest BCUT2D eigenvalue weighted by Crippen LogP contribution is 2.45. The molecule has 1 saturated heterocycles. The topological polar surface area (TPSA) is 121 Å². The molecule has 11 heteroatoms. The minimum atomic E-state index is -2.84. The van der Waals surface area contributed by atoms with Crippen LogP contribution in [0.25, 0.3) is 0 Å². The van der Waals surface area contributed by atoms with Gasteiger partial charge in [0, 0.05) is 11.8 Å². The number of ether oxygens (including phenoxy) is 4. The first-order valence-corrected chi connectivity index (χ1v) is 15.7. The molecule has 1 aliphatic heterocycles. The average molecular weight is 676 g/mol. The molecule has 1 aromatic heterocycles. The van der Waals surface area contributed by atoms with Gasteiger partial charge in [0.1, 0.15) is 35.1 Å². The van der Waals surface area contributed by atoms with Crippen molar-refractivity contribution in [1.82, 2.24) is 9.55 Å². The number of carbonyl (C=O) groups is 1. The number of carbonyl (C=O) groups excluding carboxylic acids is 1. The number of amides is 1. The maximum absolute atomic E-state index is 16.6. The van der Waals surface area contributed by atoms with Crippen molar-refractivity contribution >= 4 is 11.7 Å². The maximum Gasteiger partial charge on any atom is 0.351 e. The maximum atomic E-state index is 16.6. The third-order valence-electron chi connectivity index (χ3n) is 8.66. The van der Waals surface area contributed by atoms with Crippen molar-refractivity contribution in [1.29, 1.82) is 0 Å². The van der Waals surface area contributed by atoms with E-state index in [4.69, 9.17) is 25.4 Å². The fourth-order valence-corrected chi connectivity index (χ4v) is 6.03. The van der Waals surface area contributed by atoms with Crippen molar-refractivity contribution in [3.8, 4) is 23.8 Å². The smallest absolute Gasteiger partial charge is 0.351 e. The van der Waals surface area contributed by atoms with Gasteiger partial charge >= 0.3 is 5.69 Å². The summed E-state index contributed by atoms with van der Waals surface area (Å²) in [6, 6.07) is 33.7. The minimum absolute atomic E-state index is 0.0599. The summed E-state index contributed by atoms with van der Waals surface area (Å²) in [5, 5.41) is 13.9. The molecule has 5 aromatic rings. The number of nitrogens with zero attached hydrogens (tertiary/aromatic N) is 2. The Labute approximate surface area is 288 Å². The summed E-state index contributed by atoms with van der Waals surface area (Å²) in [6.07, 6.45) is 1.86. The Balaban J connectivity index is 1.34. The summed E-state index contributed by atoms with van der Waals surface area (Å²) in [4.78, 5) is 29.7. The lowest BCUT2D eigenvalue weighted by Gasteiger charge is -2.37. The molecule has 6 rings (SSSR count). The second kappa shape index (κ2) is 14.4. The number of rotatable bonds is 11. The summed E-state index contributed by atoms with van der Waals surface area (Å²) < 4.78 is 41.0. The number of hydrogen-bond donors (Lipinski definition) is 2. The molecule has 4 atom stereocenters. The second-order valence-electron chi connectivity index (χ2n) is 11.5. The first-order chi connectivity index (χ1) is 24.2. The lowest BCUT2D eigenvalue weighted by molar-refractivity contribution is -0.0958. The van der Waals surface area contributed by atoms with Gasteiger partial charge in [0.25, 0.3) is 5.91 Å². The Morgan fingerprint density at radius 2 is 1.46 bits per heavy atom. The molecule has 0 bridgehead atoms. The van der Waals surface area contributed by atoms with E-state index in [0.29, 0.717) is 28.2 Å². The van der Waals surface area contributed by atoms with E-state index in [0.717, 1.165) is 10.1 Å². The van der Waals surface area contributed by atoms with Crippen molar-refractivity contribution in [2.24, 2.45) is 0 Å². The molecular weight excluding hydrogens is 641 g/mol. The monoisotopic (exact) mass is 675 g/mol. The molecule has 0 unspecified atom stereocenters. The van der Waals surface area contributed by atoms with Crippen LogP contribution in [-0.2, 0) is 15.1 Å². The number of methoxy groups -OCH3 is 2. The number of benzene rings is 4. The van der Waals surface area contributed by atoms with Crippen LogP contribution < -0.4 is 20.5 Å². The zero-order chi connectivity index (χ0) is 35.3. The number of nitrogens with one attached hydrogen (secondary N) is 1. The van der Waals surface area contributed by atoms with Gasteiger partial charge in [0.15, 0.2) is 6.23 Å². The Morgan fingerprint density at radius 3 is 1.98 bits per heavy atom. The van der Waals surface area contributed by atoms with Crippen LogP contribution in [0.2, 0.25) is 0 Å². The Morgan fingerprint density at radius 1 is 0.920 bits per heavy atom. The predicted octanol–water partition coefficient (Wildman–Crippen LogP) is 5.12. The zero-order valence-electron chi connectivity index (χ0n) is 27.2. The summed E-state index contributed by atoms with van der Waals surface area (Å²) in [5.41, 5.74) is -2.60. The van der Waals surface area contributed by atoms with Crippen LogP contribution in [0.1, 0.15) is 33.3 Å². The number of halogens is 1. The zero-order valence-corrected chi connectivity index (χ0v) is 27.2. The van der Waals surface area contributed by atoms with E-state index in [9.17, 15) is 14.7 Å². The van der Waals surface area contributed by atoms with Crippen LogP contribution in [0.5, 0.6) is 11.5 Å². The van der Waals surface area contributed by atoms with Gasteiger partial charge in [0.2, 0.25) is 5.67 Å². The molecule has 50 heavy (non-hydrogen) atoms. The molecule has 1 aliphatic rings. The molecule has 10 nitrogen and oxygen atoms in total. The number of terminal acetylenes is 1. The van der Waals surface area contributed by atoms with E-state index in [2.05, 4.69) is 10.3 Å². The molecule has 0 radical (unpaired) electrons. The molecule has 4 aromatic carbocycles. The van der Waals surface area contributed by atoms with Gasteiger partial charge < -0.3 is 29.4 Å². The summed E-state index contributed by atoms with van der Waals surface area (Å²) in [5.74, 6) is 2.71. The van der Waals surface area contributed by atoms with Gasteiger partial charge in [-0.05, 0) is 59.2 Å². The van der Waals surface area contributed by atoms with Gasteiger partial charge in [-0.2, -0.15) is 4.98 Å². The highest BCUT2D eigenvalue weighted by atomic mass is 19.1. The molecule has 2 N–H and O–H groups in total. The fraction of sp³-hybridized carbons (Fsp3) is 0.205. The number of hydrogen-bond acceptors (Lipinski definition) is 8. The van der Waals surface area contributed by atoms with E-state index in [1.165, 1.54) is 12.3 Å². The van der Waals surface area contributed by atoms with Crippen LogP contribution in [0.3, 0.4) is 0 Å². The normalized spacial score (nSPS) is 20.1. The SMILES string of the molecule is C#C[C@@]1(F)[C@H](O)[C@@H](COC(c2ccccc2)(c2ccc(OC)cc2)c2ccc(OC)cc2)O[C@H]1n1ccc(NC(=O)c2ccccc2)nc1=O. The summed E-state index contributed by atoms with van der Waals surface area (Å²) in [6.45, 7) is -0.356. The third kappa shape index (κ3) is 6.35. The molecule has 1 fully saturated rings. The van der Waals surface area contributed by atoms with Crippen LogP contribution >= 0.6 is 0 Å². The van der Waals surface area contributed by atoms with E-state index in [1.54, 1.807) is 68.8 Å². The molecule has 0 spiro atoms. The van der Waals surface area contributed by atoms with Crippen molar-refractivity contribution in [2.75, 3.05) is 26.1 Å². The lowest BCUT2D eigenvalue weighted by Crippen LogP contribution is -2.45.